The van der Waals surface area contributed by atoms with Gasteiger partial charge in [-0.05, 0) is 23.8 Å². The monoisotopic (exact) mass is 295 g/mol. The van der Waals surface area contributed by atoms with Crippen LogP contribution in [0.4, 0.5) is 0 Å². The fourth-order valence-electron chi connectivity index (χ4n) is 2.27. The first kappa shape index (κ1) is 14.9. The first-order valence-electron chi connectivity index (χ1n) is 6.49. The minimum atomic E-state index is -1.12. The van der Waals surface area contributed by atoms with Crippen molar-refractivity contribution in [2.24, 2.45) is 0 Å². The molecule has 1 aromatic carbocycles. The molecule has 1 amide bonds. The number of rotatable bonds is 5. The maximum absolute atomic E-state index is 12.3. The van der Waals surface area contributed by atoms with E-state index in [1.54, 1.807) is 11.8 Å². The largest absolute Gasteiger partial charge is 0.480 e. The maximum Gasteiger partial charge on any atom is 0.326 e. The molecule has 0 spiro atoms. The highest BCUT2D eigenvalue weighted by Crippen LogP contribution is 2.37. The summed E-state index contributed by atoms with van der Waals surface area (Å²) in [5.74, 6) is -0.871. The summed E-state index contributed by atoms with van der Waals surface area (Å²) in [4.78, 5) is 24.4. The van der Waals surface area contributed by atoms with Gasteiger partial charge >= 0.3 is 5.97 Å². The number of aliphatic carboxylic acids is 1. The van der Waals surface area contributed by atoms with Gasteiger partial charge in [0.1, 0.15) is 6.04 Å². The van der Waals surface area contributed by atoms with E-state index in [0.717, 1.165) is 16.2 Å². The lowest BCUT2D eigenvalue weighted by Crippen LogP contribution is -2.44. The molecule has 0 radical (unpaired) electrons. The third-order valence-corrected chi connectivity index (χ3v) is 4.43. The Morgan fingerprint density at radius 2 is 2.15 bits per heavy atom. The molecular formula is C14H17NO4S. The van der Waals surface area contributed by atoms with Crippen molar-refractivity contribution in [3.8, 4) is 0 Å². The van der Waals surface area contributed by atoms with Crippen molar-refractivity contribution < 1.29 is 19.8 Å². The first-order valence-corrected chi connectivity index (χ1v) is 7.48. The molecule has 0 fully saturated rings. The minimum absolute atomic E-state index is 0.0180. The highest BCUT2D eigenvalue weighted by Gasteiger charge is 2.29. The van der Waals surface area contributed by atoms with Gasteiger partial charge in [-0.3, -0.25) is 4.79 Å². The zero-order valence-corrected chi connectivity index (χ0v) is 11.7. The second-order valence-corrected chi connectivity index (χ2v) is 5.78. The van der Waals surface area contributed by atoms with E-state index in [9.17, 15) is 9.59 Å². The summed E-state index contributed by atoms with van der Waals surface area (Å²) in [6, 6.07) is 6.66. The van der Waals surface area contributed by atoms with Crippen LogP contribution in [0.5, 0.6) is 0 Å². The highest BCUT2D eigenvalue weighted by molar-refractivity contribution is 7.99. The van der Waals surface area contributed by atoms with Crippen LogP contribution < -0.4 is 5.32 Å². The molecule has 0 saturated heterocycles. The summed E-state index contributed by atoms with van der Waals surface area (Å²) in [6.07, 6.45) is 0.711. The van der Waals surface area contributed by atoms with Gasteiger partial charge in [0.2, 0.25) is 5.91 Å². The number of aliphatic hydroxyl groups excluding tert-OH is 1. The Hall–Kier alpha value is -1.53. The number of carboxylic acid groups (broad SMARTS) is 1. The van der Waals surface area contributed by atoms with Crippen LogP contribution in [0, 0.1) is 0 Å². The van der Waals surface area contributed by atoms with Gasteiger partial charge in [-0.2, -0.15) is 0 Å². The molecule has 1 unspecified atom stereocenters. The van der Waals surface area contributed by atoms with Crippen LogP contribution in [0.15, 0.2) is 29.2 Å². The lowest BCUT2D eigenvalue weighted by molar-refractivity contribution is -0.142. The highest BCUT2D eigenvalue weighted by atomic mass is 32.2. The normalized spacial score (nSPS) is 18.9. The quantitative estimate of drug-likeness (QED) is 0.760. The predicted octanol–water partition coefficient (Wildman–Crippen LogP) is 1.22. The zero-order valence-electron chi connectivity index (χ0n) is 10.9. The van der Waals surface area contributed by atoms with E-state index in [0.29, 0.717) is 6.42 Å². The molecule has 20 heavy (non-hydrogen) atoms. The zero-order chi connectivity index (χ0) is 14.5. The Balaban J connectivity index is 2.12. The minimum Gasteiger partial charge on any atom is -0.480 e. The Bertz CT molecular complexity index is 506. The second kappa shape index (κ2) is 6.76. The smallest absolute Gasteiger partial charge is 0.326 e. The first-order chi connectivity index (χ1) is 9.63. The van der Waals surface area contributed by atoms with Crippen LogP contribution in [0.25, 0.3) is 0 Å². The summed E-state index contributed by atoms with van der Waals surface area (Å²) < 4.78 is 0. The van der Waals surface area contributed by atoms with Gasteiger partial charge in [0.05, 0.1) is 5.92 Å². The second-order valence-electron chi connectivity index (χ2n) is 4.64. The van der Waals surface area contributed by atoms with Crippen molar-refractivity contribution in [2.45, 2.75) is 29.7 Å². The number of aliphatic hydroxyl groups is 1. The summed E-state index contributed by atoms with van der Waals surface area (Å²) >= 11 is 1.71. The fraction of sp³-hybridized carbons (Fsp3) is 0.429. The molecule has 1 aliphatic rings. The van der Waals surface area contributed by atoms with E-state index in [4.69, 9.17) is 10.2 Å². The number of fused-ring (bicyclic) bond motifs is 1. The Kier molecular flexibility index (Phi) is 5.03. The Labute approximate surface area is 121 Å². The standard InChI is InChI=1S/C14H17NO4S/c16-7-5-11(14(18)19)15-13(17)10-6-8-20-12-4-2-1-3-9(10)12/h1-4,10-11,16H,5-8H2,(H,15,17)(H,18,19)/t10?,11-/m0/s1. The van der Waals surface area contributed by atoms with Gasteiger partial charge in [-0.25, -0.2) is 4.79 Å². The molecule has 108 valence electrons. The molecule has 2 atom stereocenters. The van der Waals surface area contributed by atoms with Gasteiger partial charge in [0.25, 0.3) is 0 Å². The molecule has 0 aromatic heterocycles. The van der Waals surface area contributed by atoms with Gasteiger partial charge in [-0.1, -0.05) is 18.2 Å². The van der Waals surface area contributed by atoms with E-state index in [-0.39, 0.29) is 24.9 Å². The van der Waals surface area contributed by atoms with Crippen LogP contribution in [0.3, 0.4) is 0 Å². The number of thioether (sulfide) groups is 1. The number of benzene rings is 1. The number of carbonyl (C=O) groups is 2. The lowest BCUT2D eigenvalue weighted by atomic mass is 9.94. The van der Waals surface area contributed by atoms with Crippen LogP contribution in [0.2, 0.25) is 0 Å². The van der Waals surface area contributed by atoms with Gasteiger partial charge < -0.3 is 15.5 Å². The average Bonchev–Trinajstić information content (AvgIpc) is 2.46. The predicted molar refractivity (Wildman–Crippen MR) is 75.8 cm³/mol. The third kappa shape index (κ3) is 3.32. The lowest BCUT2D eigenvalue weighted by Gasteiger charge is -2.25. The van der Waals surface area contributed by atoms with E-state index in [1.165, 1.54) is 0 Å². The van der Waals surface area contributed by atoms with Gasteiger partial charge in [0, 0.05) is 17.9 Å². The molecule has 0 bridgehead atoms. The number of hydrogen-bond acceptors (Lipinski definition) is 4. The summed E-state index contributed by atoms with van der Waals surface area (Å²) in [6.45, 7) is -0.269. The Morgan fingerprint density at radius 1 is 1.40 bits per heavy atom. The van der Waals surface area contributed by atoms with Gasteiger partial charge in [0.15, 0.2) is 0 Å². The van der Waals surface area contributed by atoms with E-state index in [1.807, 2.05) is 24.3 Å². The number of carboxylic acids is 1. The number of carbonyl (C=O) groups excluding carboxylic acids is 1. The molecule has 5 nitrogen and oxygen atoms in total. The number of hydrogen-bond donors (Lipinski definition) is 3. The molecule has 0 aliphatic carbocycles. The van der Waals surface area contributed by atoms with Crippen LogP contribution in [0.1, 0.15) is 24.3 Å². The average molecular weight is 295 g/mol. The molecule has 2 rings (SSSR count). The van der Waals surface area contributed by atoms with E-state index >= 15 is 0 Å². The molecule has 0 saturated carbocycles. The molecule has 1 heterocycles. The fourth-order valence-corrected chi connectivity index (χ4v) is 3.40. The molecule has 3 N–H and O–H groups in total. The van der Waals surface area contributed by atoms with Crippen molar-refractivity contribution in [3.05, 3.63) is 29.8 Å². The van der Waals surface area contributed by atoms with Crippen molar-refractivity contribution >= 4 is 23.6 Å². The van der Waals surface area contributed by atoms with Crippen LogP contribution in [-0.2, 0) is 9.59 Å². The van der Waals surface area contributed by atoms with Crippen molar-refractivity contribution in [1.29, 1.82) is 0 Å². The summed E-state index contributed by atoms with van der Waals surface area (Å²) in [5.41, 5.74) is 0.953. The van der Waals surface area contributed by atoms with E-state index < -0.39 is 12.0 Å². The van der Waals surface area contributed by atoms with Crippen LogP contribution in [-0.4, -0.2) is 40.5 Å². The van der Waals surface area contributed by atoms with Crippen molar-refractivity contribution in [1.82, 2.24) is 5.32 Å². The molecule has 1 aliphatic heterocycles. The summed E-state index contributed by atoms with van der Waals surface area (Å²) in [7, 11) is 0. The molecule has 6 heteroatoms. The number of amides is 1. The topological polar surface area (TPSA) is 86.6 Å². The maximum atomic E-state index is 12.3. The SMILES string of the molecule is O=C(N[C@@H](CCO)C(=O)O)C1CCSc2ccccc21. The number of nitrogens with one attached hydrogen (secondary N) is 1. The van der Waals surface area contributed by atoms with Crippen molar-refractivity contribution in [3.63, 3.8) is 0 Å². The third-order valence-electron chi connectivity index (χ3n) is 3.31. The van der Waals surface area contributed by atoms with Crippen LogP contribution >= 0.6 is 11.8 Å². The molecular weight excluding hydrogens is 278 g/mol. The summed E-state index contributed by atoms with van der Waals surface area (Å²) in [5, 5.41) is 20.4. The van der Waals surface area contributed by atoms with E-state index in [2.05, 4.69) is 5.32 Å². The Morgan fingerprint density at radius 3 is 2.85 bits per heavy atom. The molecule has 1 aromatic rings. The van der Waals surface area contributed by atoms with Crippen molar-refractivity contribution in [2.75, 3.05) is 12.4 Å². The van der Waals surface area contributed by atoms with Gasteiger partial charge in [-0.15, -0.1) is 11.8 Å².